The van der Waals surface area contributed by atoms with Crippen LogP contribution >= 0.6 is 0 Å². The summed E-state index contributed by atoms with van der Waals surface area (Å²) in [5, 5.41) is 4.05. The Morgan fingerprint density at radius 2 is 1.89 bits per heavy atom. The van der Waals surface area contributed by atoms with Gasteiger partial charge in [-0.25, -0.2) is 9.69 Å². The van der Waals surface area contributed by atoms with Crippen molar-refractivity contribution in [1.29, 1.82) is 0 Å². The highest BCUT2D eigenvalue weighted by Gasteiger charge is 2.59. The predicted octanol–water partition coefficient (Wildman–Crippen LogP) is 2.86. The molecule has 37 heavy (non-hydrogen) atoms. The zero-order chi connectivity index (χ0) is 25.6. The van der Waals surface area contributed by atoms with Crippen molar-refractivity contribution in [2.75, 3.05) is 50.8 Å². The minimum Gasteiger partial charge on any atom is -0.379 e. The number of nitrogens with zero attached hydrogens (tertiary/aromatic N) is 3. The molecule has 2 saturated heterocycles. The lowest BCUT2D eigenvalue weighted by atomic mass is 9.87. The third-order valence-electron chi connectivity index (χ3n) is 7.87. The van der Waals surface area contributed by atoms with Gasteiger partial charge >= 0.3 is 6.03 Å². The highest BCUT2D eigenvalue weighted by Crippen LogP contribution is 2.45. The van der Waals surface area contributed by atoms with Crippen molar-refractivity contribution in [3.05, 3.63) is 65.4 Å². The lowest BCUT2D eigenvalue weighted by molar-refractivity contribution is -0.125. The van der Waals surface area contributed by atoms with Crippen molar-refractivity contribution < 1.29 is 19.1 Å². The molecule has 9 nitrogen and oxygen atoms in total. The van der Waals surface area contributed by atoms with Crippen LogP contribution in [0.25, 0.3) is 10.9 Å². The fourth-order valence-electron chi connectivity index (χ4n) is 5.84. The van der Waals surface area contributed by atoms with Crippen LogP contribution < -0.4 is 10.2 Å². The highest BCUT2D eigenvalue weighted by molar-refractivity contribution is 6.24. The molecule has 1 unspecified atom stereocenters. The zero-order valence-corrected chi connectivity index (χ0v) is 21.0. The summed E-state index contributed by atoms with van der Waals surface area (Å²) in [6, 6.07) is 14.4. The van der Waals surface area contributed by atoms with Crippen LogP contribution in [0.1, 0.15) is 35.0 Å². The number of aromatic amines is 1. The summed E-state index contributed by atoms with van der Waals surface area (Å²) in [6.45, 7) is 7.08. The van der Waals surface area contributed by atoms with E-state index in [0.29, 0.717) is 30.8 Å². The molecule has 4 amide bonds. The van der Waals surface area contributed by atoms with Gasteiger partial charge in [0, 0.05) is 42.6 Å². The smallest absolute Gasteiger partial charge is 0.332 e. The molecule has 1 atom stereocenters. The largest absolute Gasteiger partial charge is 0.379 e. The Balaban J connectivity index is 1.20. The average molecular weight is 502 g/mol. The summed E-state index contributed by atoms with van der Waals surface area (Å²) in [4.78, 5) is 48.9. The van der Waals surface area contributed by atoms with Gasteiger partial charge in [-0.15, -0.1) is 0 Å². The van der Waals surface area contributed by atoms with Gasteiger partial charge in [-0.05, 0) is 56.1 Å². The molecule has 1 aromatic heterocycles. The number of imide groups is 1. The number of urea groups is 1. The zero-order valence-electron chi connectivity index (χ0n) is 21.0. The number of hydrogen-bond acceptors (Lipinski definition) is 5. The number of aromatic nitrogens is 1. The fourth-order valence-corrected chi connectivity index (χ4v) is 5.84. The molecule has 0 bridgehead atoms. The fraction of sp³-hybridized carbons (Fsp3) is 0.393. The van der Waals surface area contributed by atoms with Crippen molar-refractivity contribution in [3.63, 3.8) is 0 Å². The lowest BCUT2D eigenvalue weighted by Crippen LogP contribution is -2.49. The van der Waals surface area contributed by atoms with Gasteiger partial charge in [-0.2, -0.15) is 0 Å². The molecule has 0 radical (unpaired) electrons. The van der Waals surface area contributed by atoms with Crippen LogP contribution in [0.2, 0.25) is 0 Å². The number of fused-ring (bicyclic) bond motifs is 5. The van der Waals surface area contributed by atoms with Crippen molar-refractivity contribution in [1.82, 2.24) is 20.1 Å². The summed E-state index contributed by atoms with van der Waals surface area (Å²) in [6.07, 6.45) is 1.52. The Kier molecular flexibility index (Phi) is 5.97. The van der Waals surface area contributed by atoms with E-state index in [-0.39, 0.29) is 17.8 Å². The minimum absolute atomic E-state index is 0.218. The number of morpholine rings is 1. The average Bonchev–Trinajstić information content (AvgIpc) is 3.40. The van der Waals surface area contributed by atoms with Gasteiger partial charge in [0.05, 0.1) is 24.6 Å². The Hall–Kier alpha value is -3.69. The number of amides is 4. The highest BCUT2D eigenvalue weighted by atomic mass is 16.5. The van der Waals surface area contributed by atoms with Gasteiger partial charge in [0.15, 0.2) is 5.54 Å². The van der Waals surface area contributed by atoms with Crippen molar-refractivity contribution in [2.24, 2.45) is 0 Å². The van der Waals surface area contributed by atoms with E-state index in [9.17, 15) is 14.4 Å². The lowest BCUT2D eigenvalue weighted by Gasteiger charge is -2.35. The SMILES string of the molecule is CC12C(=O)N(c3cccc(C(=O)NCCCN4CCOCC4)c3)C(=O)N1CCc1c2[nH]c2ccccc12. The normalized spacial score (nSPS) is 21.9. The molecule has 2 aromatic carbocycles. The van der Waals surface area contributed by atoms with E-state index in [1.54, 1.807) is 29.2 Å². The minimum atomic E-state index is -1.12. The quantitative estimate of drug-likeness (QED) is 0.400. The van der Waals surface area contributed by atoms with Crippen molar-refractivity contribution in [3.8, 4) is 0 Å². The summed E-state index contributed by atoms with van der Waals surface area (Å²) < 4.78 is 5.37. The molecule has 3 aliphatic rings. The second-order valence-electron chi connectivity index (χ2n) is 10.0. The number of hydrogen-bond donors (Lipinski definition) is 2. The first-order chi connectivity index (χ1) is 18.0. The molecule has 2 N–H and O–H groups in total. The maximum Gasteiger partial charge on any atom is 0.332 e. The predicted molar refractivity (Wildman–Crippen MR) is 140 cm³/mol. The first-order valence-electron chi connectivity index (χ1n) is 12.9. The topological polar surface area (TPSA) is 98.0 Å². The number of para-hydroxylation sites is 1. The molecule has 9 heteroatoms. The van der Waals surface area contributed by atoms with Crippen LogP contribution in [0.5, 0.6) is 0 Å². The number of nitrogens with one attached hydrogen (secondary N) is 2. The third kappa shape index (κ3) is 3.89. The number of ether oxygens (including phenoxy) is 1. The van der Waals surface area contributed by atoms with Crippen LogP contribution in [-0.2, 0) is 21.5 Å². The van der Waals surface area contributed by atoms with Crippen LogP contribution in [0.15, 0.2) is 48.5 Å². The number of benzene rings is 2. The molecule has 3 aliphatic heterocycles. The van der Waals surface area contributed by atoms with Crippen LogP contribution in [-0.4, -0.2) is 78.6 Å². The summed E-state index contributed by atoms with van der Waals surface area (Å²) in [7, 11) is 0. The summed E-state index contributed by atoms with van der Waals surface area (Å²) in [5.74, 6) is -0.530. The molecule has 0 saturated carbocycles. The van der Waals surface area contributed by atoms with E-state index in [1.807, 2.05) is 31.2 Å². The molecule has 0 spiro atoms. The van der Waals surface area contributed by atoms with Crippen molar-refractivity contribution >= 4 is 34.4 Å². The van der Waals surface area contributed by atoms with Gasteiger partial charge in [-0.1, -0.05) is 24.3 Å². The Bertz CT molecular complexity index is 1380. The first-order valence-corrected chi connectivity index (χ1v) is 12.9. The molecule has 192 valence electrons. The van der Waals surface area contributed by atoms with Gasteiger partial charge in [0.2, 0.25) is 0 Å². The number of carbonyl (C=O) groups excluding carboxylic acids is 3. The number of H-pyrrole nitrogens is 1. The molecule has 4 heterocycles. The van der Waals surface area contributed by atoms with Gasteiger partial charge in [0.25, 0.3) is 11.8 Å². The summed E-state index contributed by atoms with van der Waals surface area (Å²) >= 11 is 0. The monoisotopic (exact) mass is 501 g/mol. The van der Waals surface area contributed by atoms with E-state index >= 15 is 0 Å². The Labute approximate surface area is 215 Å². The van der Waals surface area contributed by atoms with Gasteiger partial charge in [0.1, 0.15) is 0 Å². The number of anilines is 1. The molecule has 6 rings (SSSR count). The number of carbonyl (C=O) groups is 3. The van der Waals surface area contributed by atoms with E-state index in [0.717, 1.165) is 61.4 Å². The van der Waals surface area contributed by atoms with E-state index in [2.05, 4.69) is 15.2 Å². The van der Waals surface area contributed by atoms with Crippen LogP contribution in [0.3, 0.4) is 0 Å². The first kappa shape index (κ1) is 23.7. The Morgan fingerprint density at radius 1 is 1.08 bits per heavy atom. The van der Waals surface area contributed by atoms with E-state index in [4.69, 9.17) is 4.74 Å². The van der Waals surface area contributed by atoms with Crippen LogP contribution in [0, 0.1) is 0 Å². The molecule has 0 aliphatic carbocycles. The maximum atomic E-state index is 13.9. The number of rotatable bonds is 6. The molecule has 3 aromatic rings. The molecular weight excluding hydrogens is 470 g/mol. The standard InChI is InChI=1S/C28H31N5O4/c1-28-24-22(21-8-2-3-9-23(21)30-24)10-13-32(28)27(36)33(26(28)35)20-7-4-6-19(18-20)25(34)29-11-5-12-31-14-16-37-17-15-31/h2-4,6-9,18,30H,5,10-17H2,1H3,(H,29,34). The molecule has 2 fully saturated rings. The van der Waals surface area contributed by atoms with E-state index < -0.39 is 5.54 Å². The Morgan fingerprint density at radius 3 is 2.73 bits per heavy atom. The van der Waals surface area contributed by atoms with Crippen molar-refractivity contribution in [2.45, 2.75) is 25.3 Å². The molecular formula is C28H31N5O4. The summed E-state index contributed by atoms with van der Waals surface area (Å²) in [5.41, 5.74) is 2.52. The van der Waals surface area contributed by atoms with E-state index in [1.165, 1.54) is 4.90 Å². The second-order valence-corrected chi connectivity index (χ2v) is 10.0. The second kappa shape index (κ2) is 9.32. The van der Waals surface area contributed by atoms with Gasteiger partial charge < -0.3 is 19.9 Å². The maximum absolute atomic E-state index is 13.9. The van der Waals surface area contributed by atoms with Crippen LogP contribution in [0.4, 0.5) is 10.5 Å². The van der Waals surface area contributed by atoms with Gasteiger partial charge in [-0.3, -0.25) is 14.5 Å². The third-order valence-corrected chi connectivity index (χ3v) is 7.87.